The standard InChI is InChI=1S/C18H20N4O4S.C18H20N4O4/c1-18(2,3)26-17(24)20-15-12-9-27-14(19)13(12)16(23)22(21-15)10-5-7-11(25-4)8-6-10;1-11-14(10-19)16(23)22(12-6-8-13(25-5)9-7-12)21-15(11)20-17(24)26-18(2,3)4/h5-9H,19H2,1-4H3,(H,20,21,24);6-9H,1-5H3,(H,20,21,24). The number of nitriles is 1. The maximum atomic E-state index is 12.9. The molecule has 278 valence electrons. The van der Waals surface area contributed by atoms with Crippen LogP contribution in [0.15, 0.2) is 63.5 Å². The molecule has 5 rings (SSSR count). The number of methoxy groups -OCH3 is 2. The molecule has 3 aromatic heterocycles. The molecule has 0 saturated carbocycles. The summed E-state index contributed by atoms with van der Waals surface area (Å²) >= 11 is 1.21. The molecular weight excluding hydrogens is 705 g/mol. The van der Waals surface area contributed by atoms with Crippen molar-refractivity contribution in [3.05, 3.63) is 85.7 Å². The van der Waals surface area contributed by atoms with E-state index < -0.39 is 28.9 Å². The van der Waals surface area contributed by atoms with Gasteiger partial charge in [-0.2, -0.15) is 14.6 Å². The number of aromatic nitrogens is 4. The number of ether oxygens (including phenoxy) is 4. The van der Waals surface area contributed by atoms with Gasteiger partial charge in [0.2, 0.25) is 0 Å². The van der Waals surface area contributed by atoms with Crippen molar-refractivity contribution >= 4 is 50.9 Å². The molecule has 0 atom stereocenters. The number of thiophene rings is 1. The second-order valence-electron chi connectivity index (χ2n) is 13.3. The molecule has 17 heteroatoms. The molecule has 0 fully saturated rings. The molecule has 0 aliphatic carbocycles. The summed E-state index contributed by atoms with van der Waals surface area (Å²) in [6.07, 6.45) is -1.39. The average Bonchev–Trinajstić information content (AvgIpc) is 3.48. The lowest BCUT2D eigenvalue weighted by Gasteiger charge is -2.20. The largest absolute Gasteiger partial charge is 0.497 e. The minimum atomic E-state index is -0.725. The van der Waals surface area contributed by atoms with Crippen LogP contribution in [0.4, 0.5) is 26.2 Å². The first-order chi connectivity index (χ1) is 24.8. The molecule has 5 aromatic rings. The summed E-state index contributed by atoms with van der Waals surface area (Å²) in [5.41, 5.74) is 4.78. The number of fused-ring (bicyclic) bond motifs is 1. The van der Waals surface area contributed by atoms with Crippen molar-refractivity contribution in [3.8, 4) is 28.9 Å². The second-order valence-corrected chi connectivity index (χ2v) is 14.2. The Bertz CT molecular complexity index is 2290. The quantitative estimate of drug-likeness (QED) is 0.178. The highest BCUT2D eigenvalue weighted by Gasteiger charge is 2.22. The molecule has 0 aliphatic heterocycles. The van der Waals surface area contributed by atoms with Crippen LogP contribution in [0.5, 0.6) is 11.5 Å². The summed E-state index contributed by atoms with van der Waals surface area (Å²) < 4.78 is 23.0. The van der Waals surface area contributed by atoms with Crippen LogP contribution < -0.4 is 37.0 Å². The van der Waals surface area contributed by atoms with E-state index in [1.807, 2.05) is 6.07 Å². The maximum absolute atomic E-state index is 12.9. The van der Waals surface area contributed by atoms with Crippen molar-refractivity contribution in [3.63, 3.8) is 0 Å². The number of nitrogens with zero attached hydrogens (tertiary/aromatic N) is 5. The first-order valence-corrected chi connectivity index (χ1v) is 16.9. The Morgan fingerprint density at radius 2 is 1.21 bits per heavy atom. The van der Waals surface area contributed by atoms with Crippen LogP contribution in [0.1, 0.15) is 52.7 Å². The summed E-state index contributed by atoms with van der Waals surface area (Å²) in [7, 11) is 3.09. The molecule has 0 radical (unpaired) electrons. The van der Waals surface area contributed by atoms with Gasteiger partial charge in [0, 0.05) is 16.3 Å². The molecule has 53 heavy (non-hydrogen) atoms. The minimum Gasteiger partial charge on any atom is -0.497 e. The van der Waals surface area contributed by atoms with E-state index in [-0.39, 0.29) is 28.3 Å². The Morgan fingerprint density at radius 1 is 0.774 bits per heavy atom. The van der Waals surface area contributed by atoms with Gasteiger partial charge >= 0.3 is 12.2 Å². The molecule has 0 bridgehead atoms. The summed E-state index contributed by atoms with van der Waals surface area (Å²) in [6, 6.07) is 15.3. The Kier molecular flexibility index (Phi) is 11.8. The predicted molar refractivity (Wildman–Crippen MR) is 202 cm³/mol. The van der Waals surface area contributed by atoms with Gasteiger partial charge in [-0.15, -0.1) is 21.5 Å². The molecule has 0 spiro atoms. The van der Waals surface area contributed by atoms with Gasteiger partial charge in [-0.25, -0.2) is 9.59 Å². The highest BCUT2D eigenvalue weighted by Crippen LogP contribution is 2.30. The van der Waals surface area contributed by atoms with Crippen molar-refractivity contribution < 1.29 is 28.5 Å². The zero-order valence-electron chi connectivity index (χ0n) is 30.7. The number of amides is 2. The lowest BCUT2D eigenvalue weighted by molar-refractivity contribution is 0.0623. The molecule has 16 nitrogen and oxygen atoms in total. The van der Waals surface area contributed by atoms with E-state index in [0.29, 0.717) is 38.6 Å². The fraction of sp³-hybridized carbons (Fsp3) is 0.306. The van der Waals surface area contributed by atoms with Gasteiger partial charge < -0.3 is 24.7 Å². The summed E-state index contributed by atoms with van der Waals surface area (Å²) in [4.78, 5) is 49.7. The third-order valence-corrected chi connectivity index (χ3v) is 7.81. The predicted octanol–water partition coefficient (Wildman–Crippen LogP) is 6.15. The van der Waals surface area contributed by atoms with E-state index in [9.17, 15) is 24.4 Å². The van der Waals surface area contributed by atoms with E-state index in [1.165, 1.54) is 30.1 Å². The molecule has 2 aromatic carbocycles. The maximum Gasteiger partial charge on any atom is 0.413 e. The second kappa shape index (κ2) is 15.9. The van der Waals surface area contributed by atoms with Crippen LogP contribution in [-0.4, -0.2) is 57.2 Å². The van der Waals surface area contributed by atoms with Gasteiger partial charge in [0.15, 0.2) is 11.6 Å². The van der Waals surface area contributed by atoms with Gasteiger partial charge in [-0.3, -0.25) is 20.2 Å². The fourth-order valence-electron chi connectivity index (χ4n) is 4.62. The van der Waals surface area contributed by atoms with Crippen LogP contribution in [0.3, 0.4) is 0 Å². The van der Waals surface area contributed by atoms with Gasteiger partial charge in [-0.1, -0.05) is 0 Å². The van der Waals surface area contributed by atoms with E-state index in [0.717, 1.165) is 4.68 Å². The van der Waals surface area contributed by atoms with Crippen molar-refractivity contribution in [2.24, 2.45) is 0 Å². The lowest BCUT2D eigenvalue weighted by Crippen LogP contribution is -2.31. The molecule has 2 amide bonds. The van der Waals surface area contributed by atoms with Crippen molar-refractivity contribution in [1.82, 2.24) is 19.6 Å². The van der Waals surface area contributed by atoms with Crippen LogP contribution in [-0.2, 0) is 9.47 Å². The first kappa shape index (κ1) is 39.4. The number of rotatable bonds is 6. The van der Waals surface area contributed by atoms with Crippen LogP contribution in [0, 0.1) is 18.3 Å². The average molecular weight is 745 g/mol. The smallest absolute Gasteiger partial charge is 0.413 e. The normalized spacial score (nSPS) is 11.1. The number of hydrogen-bond donors (Lipinski definition) is 3. The van der Waals surface area contributed by atoms with Crippen molar-refractivity contribution in [2.75, 3.05) is 30.6 Å². The zero-order valence-corrected chi connectivity index (χ0v) is 31.5. The summed E-state index contributed by atoms with van der Waals surface area (Å²) in [5, 5.41) is 25.7. The van der Waals surface area contributed by atoms with Crippen LogP contribution >= 0.6 is 11.3 Å². The van der Waals surface area contributed by atoms with Crippen LogP contribution in [0.2, 0.25) is 0 Å². The van der Waals surface area contributed by atoms with E-state index in [4.69, 9.17) is 24.7 Å². The molecule has 4 N–H and O–H groups in total. The topological polar surface area (TPSA) is 215 Å². The number of anilines is 3. The highest BCUT2D eigenvalue weighted by atomic mass is 32.1. The summed E-state index contributed by atoms with van der Waals surface area (Å²) in [5.74, 6) is 1.53. The SMILES string of the molecule is COc1ccc(-n2nc(NC(=O)OC(C)(C)C)c(C)c(C#N)c2=O)cc1.COc1ccc(-n2nc(NC(=O)OC(C)(C)C)c3csc(N)c3c2=O)cc1. The lowest BCUT2D eigenvalue weighted by atomic mass is 10.2. The molecule has 0 aliphatic rings. The number of benzene rings is 2. The third kappa shape index (κ3) is 9.68. The Morgan fingerprint density at radius 3 is 1.64 bits per heavy atom. The third-order valence-electron chi connectivity index (χ3n) is 7.00. The van der Waals surface area contributed by atoms with E-state index >= 15 is 0 Å². The van der Waals surface area contributed by atoms with Crippen LogP contribution in [0.25, 0.3) is 22.1 Å². The van der Waals surface area contributed by atoms with Gasteiger partial charge in [0.1, 0.15) is 34.3 Å². The zero-order chi connectivity index (χ0) is 39.2. The van der Waals surface area contributed by atoms with Crippen molar-refractivity contribution in [1.29, 1.82) is 5.26 Å². The van der Waals surface area contributed by atoms with E-state index in [1.54, 1.807) is 103 Å². The Balaban J connectivity index is 0.000000237. The minimum absolute atomic E-state index is 0.0752. The number of nitrogens with one attached hydrogen (secondary N) is 2. The van der Waals surface area contributed by atoms with Crippen molar-refractivity contribution in [2.45, 2.75) is 59.7 Å². The Hall–Kier alpha value is -6.41. The van der Waals surface area contributed by atoms with Gasteiger partial charge in [0.05, 0.1) is 36.0 Å². The number of nitrogen functional groups attached to an aromatic ring is 1. The summed E-state index contributed by atoms with van der Waals surface area (Å²) in [6.45, 7) is 12.0. The molecule has 0 saturated heterocycles. The number of carbonyl (C=O) groups is 2. The van der Waals surface area contributed by atoms with Gasteiger partial charge in [-0.05, 0) is 97.0 Å². The number of nitrogens with two attached hydrogens (primary N) is 1. The first-order valence-electron chi connectivity index (χ1n) is 16.0. The molecular formula is C36H40N8O8S. The van der Waals surface area contributed by atoms with Gasteiger partial charge in [0.25, 0.3) is 11.1 Å². The number of hydrogen-bond acceptors (Lipinski definition) is 13. The fourth-order valence-corrected chi connectivity index (χ4v) is 5.41. The Labute approximate surface area is 308 Å². The molecule has 3 heterocycles. The molecule has 0 unspecified atom stereocenters. The van der Waals surface area contributed by atoms with E-state index in [2.05, 4.69) is 20.8 Å². The number of carbonyl (C=O) groups excluding carboxylic acids is 2. The monoisotopic (exact) mass is 744 g/mol. The highest BCUT2D eigenvalue weighted by molar-refractivity contribution is 7.15.